The van der Waals surface area contributed by atoms with Crippen LogP contribution in [-0.2, 0) is 6.42 Å². The van der Waals surface area contributed by atoms with Gasteiger partial charge in [0.05, 0.1) is 23.8 Å². The van der Waals surface area contributed by atoms with E-state index in [1.54, 1.807) is 18.5 Å². The van der Waals surface area contributed by atoms with Gasteiger partial charge in [0.2, 0.25) is 0 Å². The average molecular weight is 411 g/mol. The maximum atomic E-state index is 12.4. The summed E-state index contributed by atoms with van der Waals surface area (Å²) >= 11 is 0. The lowest BCUT2D eigenvalue weighted by Gasteiger charge is -2.24. The van der Waals surface area contributed by atoms with Crippen molar-refractivity contribution in [3.63, 3.8) is 0 Å². The normalized spacial score (nSPS) is 14.1. The highest BCUT2D eigenvalue weighted by molar-refractivity contribution is 6.01. The van der Waals surface area contributed by atoms with E-state index in [9.17, 15) is 13.6 Å². The van der Waals surface area contributed by atoms with Crippen LogP contribution in [0.15, 0.2) is 37.3 Å². The van der Waals surface area contributed by atoms with Crippen LogP contribution in [0.1, 0.15) is 52.3 Å². The number of halogens is 2. The highest BCUT2D eigenvalue weighted by atomic mass is 19.3. The van der Waals surface area contributed by atoms with Gasteiger partial charge in [0, 0.05) is 30.1 Å². The van der Waals surface area contributed by atoms with Crippen LogP contribution in [0.4, 0.5) is 8.78 Å². The summed E-state index contributed by atoms with van der Waals surface area (Å²) in [7, 11) is 0. The summed E-state index contributed by atoms with van der Waals surface area (Å²) in [5.74, 6) is 0.961. The molecular weight excluding hydrogens is 388 g/mol. The van der Waals surface area contributed by atoms with Crippen molar-refractivity contribution in [3.05, 3.63) is 65.5 Å². The summed E-state index contributed by atoms with van der Waals surface area (Å²) < 4.78 is 26.3. The smallest absolute Gasteiger partial charge is 0.255 e. The number of aromatic nitrogens is 4. The number of rotatable bonds is 7. The summed E-state index contributed by atoms with van der Waals surface area (Å²) in [4.78, 5) is 21.4. The van der Waals surface area contributed by atoms with E-state index in [0.29, 0.717) is 11.4 Å². The van der Waals surface area contributed by atoms with Crippen LogP contribution in [0.5, 0.6) is 0 Å². The first-order valence-electron chi connectivity index (χ1n) is 9.98. The molecule has 30 heavy (non-hydrogen) atoms. The quantitative estimate of drug-likeness (QED) is 0.641. The highest BCUT2D eigenvalue weighted by Gasteiger charge is 2.20. The number of nitrogens with one attached hydrogen (secondary N) is 1. The first kappa shape index (κ1) is 20.1. The van der Waals surface area contributed by atoms with Crippen molar-refractivity contribution in [2.75, 3.05) is 6.54 Å². The Bertz CT molecular complexity index is 1100. The van der Waals surface area contributed by atoms with Crippen molar-refractivity contribution >= 4 is 17.0 Å². The number of carbonyl (C=O) groups excluding carboxylic acids is 1. The Morgan fingerprint density at radius 2 is 2.13 bits per heavy atom. The summed E-state index contributed by atoms with van der Waals surface area (Å²) in [6.45, 7) is 5.43. The molecule has 0 unspecified atom stereocenters. The van der Waals surface area contributed by atoms with E-state index in [-0.39, 0.29) is 5.56 Å². The molecular formula is C22H23F2N5O. The van der Waals surface area contributed by atoms with Gasteiger partial charge in [-0.2, -0.15) is 5.10 Å². The number of pyridine rings is 1. The lowest BCUT2D eigenvalue weighted by atomic mass is 9.83. The minimum absolute atomic E-state index is 0.231. The largest absolute Gasteiger partial charge is 0.346 e. The summed E-state index contributed by atoms with van der Waals surface area (Å²) in [6.07, 6.45) is 6.96. The molecule has 0 saturated heterocycles. The second kappa shape index (κ2) is 8.30. The zero-order chi connectivity index (χ0) is 21.3. The van der Waals surface area contributed by atoms with E-state index in [2.05, 4.69) is 27.0 Å². The highest BCUT2D eigenvalue weighted by Crippen LogP contribution is 2.30. The van der Waals surface area contributed by atoms with Gasteiger partial charge in [-0.05, 0) is 36.1 Å². The number of hydrogen-bond donors (Lipinski definition) is 1. The topological polar surface area (TPSA) is 72.2 Å². The fraction of sp³-hybridized carbons (Fsp3) is 0.364. The Hall–Kier alpha value is -3.16. The fourth-order valence-corrected chi connectivity index (χ4v) is 3.63. The van der Waals surface area contributed by atoms with Crippen LogP contribution in [-0.4, -0.2) is 38.5 Å². The Labute approximate surface area is 173 Å². The van der Waals surface area contributed by atoms with Crippen LogP contribution in [0.3, 0.4) is 0 Å². The van der Waals surface area contributed by atoms with Gasteiger partial charge in [0.15, 0.2) is 0 Å². The first-order valence-corrected chi connectivity index (χ1v) is 9.98. The van der Waals surface area contributed by atoms with Crippen molar-refractivity contribution in [2.24, 2.45) is 5.92 Å². The molecule has 0 radical (unpaired) electrons. The molecule has 1 amide bonds. The summed E-state index contributed by atoms with van der Waals surface area (Å²) in [6, 6.07) is 3.61. The monoisotopic (exact) mass is 411 g/mol. The van der Waals surface area contributed by atoms with Gasteiger partial charge in [-0.25, -0.2) is 23.3 Å². The van der Waals surface area contributed by atoms with Crippen molar-refractivity contribution in [1.29, 1.82) is 0 Å². The molecule has 1 aliphatic rings. The maximum absolute atomic E-state index is 12.4. The molecule has 0 spiro atoms. The first-order chi connectivity index (χ1) is 14.4. The molecule has 3 aromatic heterocycles. The maximum Gasteiger partial charge on any atom is 0.255 e. The van der Waals surface area contributed by atoms with Crippen LogP contribution >= 0.6 is 0 Å². The molecule has 1 fully saturated rings. The van der Waals surface area contributed by atoms with Crippen LogP contribution < -0.4 is 5.32 Å². The van der Waals surface area contributed by atoms with Gasteiger partial charge >= 0.3 is 0 Å². The number of hydrogen-bond acceptors (Lipinski definition) is 4. The number of aryl methyl sites for hydroxylation is 1. The molecule has 4 rings (SSSR count). The molecule has 1 N–H and O–H groups in total. The number of fused-ring (bicyclic) bond motifs is 1. The molecule has 156 valence electrons. The second-order valence-corrected chi connectivity index (χ2v) is 7.67. The van der Waals surface area contributed by atoms with Crippen LogP contribution in [0.2, 0.25) is 0 Å². The lowest BCUT2D eigenvalue weighted by molar-refractivity contribution is 0.0893. The van der Waals surface area contributed by atoms with Crippen LogP contribution in [0, 0.1) is 12.8 Å². The molecule has 3 aromatic rings. The number of amides is 1. The summed E-state index contributed by atoms with van der Waals surface area (Å²) in [5.41, 5.74) is 3.94. The van der Waals surface area contributed by atoms with Crippen molar-refractivity contribution in [2.45, 2.75) is 39.0 Å². The van der Waals surface area contributed by atoms with Gasteiger partial charge in [-0.1, -0.05) is 25.8 Å². The van der Waals surface area contributed by atoms with Gasteiger partial charge in [0.25, 0.3) is 12.3 Å². The molecule has 1 aliphatic carbocycles. The van der Waals surface area contributed by atoms with Gasteiger partial charge < -0.3 is 5.32 Å². The van der Waals surface area contributed by atoms with E-state index in [4.69, 9.17) is 0 Å². The van der Waals surface area contributed by atoms with Gasteiger partial charge in [-0.15, -0.1) is 0 Å². The third kappa shape index (κ3) is 4.08. The molecule has 1 saturated carbocycles. The zero-order valence-corrected chi connectivity index (χ0v) is 16.7. The minimum atomic E-state index is -2.61. The molecule has 0 atom stereocenters. The van der Waals surface area contributed by atoms with E-state index in [1.165, 1.54) is 30.0 Å². The van der Waals surface area contributed by atoms with Gasteiger partial charge in [-0.3, -0.25) is 4.79 Å². The third-order valence-electron chi connectivity index (χ3n) is 5.58. The summed E-state index contributed by atoms with van der Waals surface area (Å²) in [5, 5.41) is 6.34. The minimum Gasteiger partial charge on any atom is -0.346 e. The molecule has 0 aromatic carbocycles. The Kier molecular flexibility index (Phi) is 5.57. The zero-order valence-electron chi connectivity index (χ0n) is 16.7. The Balaban J connectivity index is 1.58. The van der Waals surface area contributed by atoms with E-state index in [0.717, 1.165) is 34.6 Å². The van der Waals surface area contributed by atoms with E-state index < -0.39 is 18.9 Å². The van der Waals surface area contributed by atoms with Gasteiger partial charge in [0.1, 0.15) is 5.82 Å². The van der Waals surface area contributed by atoms with Crippen molar-refractivity contribution < 1.29 is 13.6 Å². The number of alkyl halides is 2. The molecule has 8 heteroatoms. The fourth-order valence-electron chi connectivity index (χ4n) is 3.63. The third-order valence-corrected chi connectivity index (χ3v) is 5.58. The molecule has 0 bridgehead atoms. The molecule has 0 aliphatic heterocycles. The predicted molar refractivity (Wildman–Crippen MR) is 109 cm³/mol. The van der Waals surface area contributed by atoms with Crippen molar-refractivity contribution in [3.8, 4) is 0 Å². The van der Waals surface area contributed by atoms with E-state index in [1.807, 2.05) is 13.0 Å². The average Bonchev–Trinajstić information content (AvgIpc) is 3.12. The SMILES string of the molecule is C=C(c1ccn2ncc(C(=O)NCC(F)F)c2c1)c1cnc(CC2CCC2)nc1C. The number of carbonyl (C=O) groups is 1. The Morgan fingerprint density at radius 3 is 2.80 bits per heavy atom. The van der Waals surface area contributed by atoms with Crippen molar-refractivity contribution in [1.82, 2.24) is 24.9 Å². The Morgan fingerprint density at radius 1 is 1.33 bits per heavy atom. The predicted octanol–water partition coefficient (Wildman–Crippen LogP) is 3.83. The standard InChI is InChI=1S/C22H23F2N5O/c1-13(17-10-25-21(28-14(17)2)8-15-4-3-5-15)16-6-7-29-19(9-16)18(11-27-29)22(30)26-12-20(23)24/h6-7,9-11,15,20H,1,3-5,8,12H2,2H3,(H,26,30). The second-order valence-electron chi connectivity index (χ2n) is 7.67. The van der Waals surface area contributed by atoms with E-state index >= 15 is 0 Å². The molecule has 3 heterocycles. The lowest BCUT2D eigenvalue weighted by Crippen LogP contribution is -2.28. The van der Waals surface area contributed by atoms with Crippen LogP contribution in [0.25, 0.3) is 11.1 Å². The molecule has 6 nitrogen and oxygen atoms in total. The number of nitrogens with zero attached hydrogens (tertiary/aromatic N) is 4.